The minimum Gasteiger partial charge on any atom is -0.439 e. The summed E-state index contributed by atoms with van der Waals surface area (Å²) in [6.07, 6.45) is 0. The van der Waals surface area contributed by atoms with Crippen LogP contribution in [-0.4, -0.2) is 24.6 Å². The molecule has 2 aliphatic heterocycles. The van der Waals surface area contributed by atoms with Crippen LogP contribution in [0.4, 0.5) is 0 Å². The van der Waals surface area contributed by atoms with Gasteiger partial charge in [0.2, 0.25) is 11.4 Å². The minimum atomic E-state index is -0.144. The maximum Gasteiger partial charge on any atom is 0.258 e. The molecule has 0 bridgehead atoms. The zero-order valence-electron chi connectivity index (χ0n) is 35.1. The van der Waals surface area contributed by atoms with Crippen LogP contribution in [0.3, 0.4) is 0 Å². The molecule has 0 unspecified atom stereocenters. The fraction of sp³-hybridized carbons (Fsp3) is 0.148. The molecule has 0 radical (unpaired) electrons. The molecule has 0 atom stereocenters. The monoisotopic (exact) mass is 786 g/mol. The molecule has 8 heterocycles. The van der Waals surface area contributed by atoms with Gasteiger partial charge in [-0.25, -0.2) is 0 Å². The van der Waals surface area contributed by atoms with E-state index in [1.165, 1.54) is 132 Å². The van der Waals surface area contributed by atoms with Gasteiger partial charge in [-0.15, -0.1) is 0 Å². The molecule has 0 N–H and O–H groups in total. The maximum atomic E-state index is 7.23. The lowest BCUT2D eigenvalue weighted by Gasteiger charge is -2.34. The molecule has 2 aliphatic rings. The van der Waals surface area contributed by atoms with Crippen LogP contribution in [0.5, 0.6) is 0 Å². The Hall–Kier alpha value is -7.12. The Bertz CT molecular complexity index is 4000. The maximum absolute atomic E-state index is 7.23. The Morgan fingerprint density at radius 2 is 0.951 bits per heavy atom. The van der Waals surface area contributed by atoms with Crippen molar-refractivity contribution in [1.82, 2.24) is 17.9 Å². The average molecular weight is 787 g/mol. The molecule has 290 valence electrons. The second-order valence-electron chi connectivity index (χ2n) is 19.2. The number of fused-ring (bicyclic) bond motifs is 24. The molecule has 7 aromatic carbocycles. The number of aryl methyl sites for hydroxylation is 4. The topological polar surface area (TPSA) is 45.0 Å². The number of nitrogens with zero attached hydrogens (tertiary/aromatic N) is 4. The Balaban J connectivity index is 1.29. The third kappa shape index (κ3) is 3.61. The first-order chi connectivity index (χ1) is 29.6. The molecule has 0 saturated heterocycles. The molecule has 0 amide bonds. The molecule has 0 saturated carbocycles. The van der Waals surface area contributed by atoms with Gasteiger partial charge in [-0.05, 0) is 135 Å². The van der Waals surface area contributed by atoms with E-state index in [0.717, 1.165) is 22.6 Å². The molecule has 7 heteroatoms. The molecule has 15 rings (SSSR count). The molecule has 0 aliphatic carbocycles. The van der Waals surface area contributed by atoms with E-state index < -0.39 is 0 Å². The van der Waals surface area contributed by atoms with Gasteiger partial charge in [0.05, 0.1) is 22.1 Å². The van der Waals surface area contributed by atoms with E-state index in [1.807, 2.05) is 0 Å². The number of rotatable bonds is 0. The van der Waals surface area contributed by atoms with E-state index in [0.29, 0.717) is 0 Å². The van der Waals surface area contributed by atoms with Gasteiger partial charge in [0, 0.05) is 32.9 Å². The lowest BCUT2D eigenvalue weighted by molar-refractivity contribution is 0.589. The number of furan rings is 2. The summed E-state index contributed by atoms with van der Waals surface area (Å²) in [6, 6.07) is 40.8. The summed E-state index contributed by atoms with van der Waals surface area (Å²) in [5.74, 6) is 0. The second-order valence-corrected chi connectivity index (χ2v) is 19.2. The first-order valence-electron chi connectivity index (χ1n) is 21.6. The predicted octanol–water partition coefficient (Wildman–Crippen LogP) is 11.9. The summed E-state index contributed by atoms with van der Waals surface area (Å²) in [6.45, 7) is 15.9. The zero-order chi connectivity index (χ0) is 40.7. The van der Waals surface area contributed by atoms with Gasteiger partial charge in [-0.1, -0.05) is 93.6 Å². The molecule has 6 nitrogen and oxygen atoms in total. The van der Waals surface area contributed by atoms with Crippen molar-refractivity contribution in [3.05, 3.63) is 137 Å². The van der Waals surface area contributed by atoms with Crippen LogP contribution in [0.2, 0.25) is 0 Å². The second kappa shape index (κ2) is 10.2. The van der Waals surface area contributed by atoms with E-state index in [9.17, 15) is 0 Å². The molecular weight excluding hydrogens is 747 g/mol. The highest BCUT2D eigenvalue weighted by Gasteiger charge is 2.48. The van der Waals surface area contributed by atoms with Crippen molar-refractivity contribution >= 4 is 122 Å². The van der Waals surface area contributed by atoms with Gasteiger partial charge in [0.25, 0.3) is 6.71 Å². The van der Waals surface area contributed by atoms with Gasteiger partial charge >= 0.3 is 0 Å². The van der Waals surface area contributed by atoms with E-state index in [4.69, 9.17) is 8.83 Å². The van der Waals surface area contributed by atoms with Crippen LogP contribution in [0.15, 0.2) is 118 Å². The molecule has 61 heavy (non-hydrogen) atoms. The number of hydrogen-bond donors (Lipinski definition) is 0. The molecule has 13 aromatic rings. The summed E-state index contributed by atoms with van der Waals surface area (Å²) in [5, 5.41) is 9.59. The number of benzene rings is 7. The highest BCUT2D eigenvalue weighted by Crippen LogP contribution is 2.46. The third-order valence-electron chi connectivity index (χ3n) is 14.5. The van der Waals surface area contributed by atoms with Crippen LogP contribution in [0, 0.1) is 27.7 Å². The standard InChI is InChI=1S/C54H39BN4O2/c1-26-20-28(3)48-37(22-26)58-50-46(43-41-33-14-10-8-12-30(33)16-18-39(41)60-52(43)58)55-45-35(56(48)50)24-32(54(5,6)7)25-36(45)57-49-29(4)21-27(2)23-38(49)59-51(57)47(55)44-42-34-15-11-9-13-31(34)17-19-40(42)61-53(44)59/h8-25H,1-7H3. The number of aromatic nitrogens is 4. The minimum absolute atomic E-state index is 0.118. The number of imidazole rings is 2. The first kappa shape index (κ1) is 32.7. The van der Waals surface area contributed by atoms with Gasteiger partial charge in [0.15, 0.2) is 0 Å². The van der Waals surface area contributed by atoms with Crippen LogP contribution in [0.1, 0.15) is 48.6 Å². The van der Waals surface area contributed by atoms with E-state index in [2.05, 4.69) is 176 Å². The normalized spacial score (nSPS) is 13.8. The molecule has 0 fully saturated rings. The molecule has 0 spiro atoms. The fourth-order valence-corrected chi connectivity index (χ4v) is 12.3. The number of hydrogen-bond acceptors (Lipinski definition) is 2. The first-order valence-corrected chi connectivity index (χ1v) is 21.6. The summed E-state index contributed by atoms with van der Waals surface area (Å²) in [4.78, 5) is 0. The third-order valence-corrected chi connectivity index (χ3v) is 14.5. The van der Waals surface area contributed by atoms with Crippen molar-refractivity contribution in [2.75, 3.05) is 0 Å². The summed E-state index contributed by atoms with van der Waals surface area (Å²) in [7, 11) is 0. The van der Waals surface area contributed by atoms with Crippen LogP contribution >= 0.6 is 0 Å². The highest BCUT2D eigenvalue weighted by molar-refractivity contribution is 7.03. The Labute approximate surface area is 349 Å². The Kier molecular flexibility index (Phi) is 5.49. The average Bonchev–Trinajstić information content (AvgIpc) is 4.06. The van der Waals surface area contributed by atoms with Crippen molar-refractivity contribution in [3.63, 3.8) is 0 Å². The fourth-order valence-electron chi connectivity index (χ4n) is 12.3. The summed E-state index contributed by atoms with van der Waals surface area (Å²) in [5.41, 5.74) is 23.4. The van der Waals surface area contributed by atoms with Gasteiger partial charge in [-0.2, -0.15) is 0 Å². The molecule has 6 aromatic heterocycles. The SMILES string of the molecule is Cc1cc(C)c2c(c1)n1c3oc4ccc5ccccc5c4c3c3c1n2-c1cc(C(C)(C)C)cc2c1B3c1c3c4c(ccc5ccccc54)oc3n3c4cc(C)cc(C)c4n-2c13. The van der Waals surface area contributed by atoms with E-state index in [-0.39, 0.29) is 12.1 Å². The van der Waals surface area contributed by atoms with Crippen LogP contribution < -0.4 is 16.4 Å². The lowest BCUT2D eigenvalue weighted by Crippen LogP contribution is -2.59. The van der Waals surface area contributed by atoms with Crippen molar-refractivity contribution < 1.29 is 8.83 Å². The molecular formula is C54H39BN4O2. The van der Waals surface area contributed by atoms with E-state index >= 15 is 0 Å². The van der Waals surface area contributed by atoms with Crippen LogP contribution in [-0.2, 0) is 5.41 Å². The predicted molar refractivity (Wildman–Crippen MR) is 254 cm³/mol. The van der Waals surface area contributed by atoms with Crippen molar-refractivity contribution in [2.45, 2.75) is 53.9 Å². The Morgan fingerprint density at radius 1 is 0.492 bits per heavy atom. The van der Waals surface area contributed by atoms with Crippen molar-refractivity contribution in [2.24, 2.45) is 0 Å². The lowest BCUT2D eigenvalue weighted by atomic mass is 9.34. The van der Waals surface area contributed by atoms with Gasteiger partial charge in [-0.3, -0.25) is 17.9 Å². The zero-order valence-corrected chi connectivity index (χ0v) is 35.1. The Morgan fingerprint density at radius 3 is 1.41 bits per heavy atom. The van der Waals surface area contributed by atoms with Crippen molar-refractivity contribution in [1.29, 1.82) is 0 Å². The summed E-state index contributed by atoms with van der Waals surface area (Å²) >= 11 is 0. The largest absolute Gasteiger partial charge is 0.439 e. The van der Waals surface area contributed by atoms with Crippen LogP contribution in [0.25, 0.3) is 110 Å². The van der Waals surface area contributed by atoms with Gasteiger partial charge < -0.3 is 8.83 Å². The highest BCUT2D eigenvalue weighted by atomic mass is 16.3. The quantitative estimate of drug-likeness (QED) is 0.144. The summed E-state index contributed by atoms with van der Waals surface area (Å²) < 4.78 is 24.6. The smallest absolute Gasteiger partial charge is 0.258 e. The van der Waals surface area contributed by atoms with Crippen molar-refractivity contribution in [3.8, 4) is 11.4 Å². The van der Waals surface area contributed by atoms with E-state index in [1.54, 1.807) is 0 Å². The van der Waals surface area contributed by atoms with Gasteiger partial charge in [0.1, 0.15) is 22.5 Å².